The summed E-state index contributed by atoms with van der Waals surface area (Å²) in [5.41, 5.74) is 3.57. The van der Waals surface area contributed by atoms with E-state index >= 15 is 0 Å². The molecule has 0 atom stereocenters. The molecule has 30 heavy (non-hydrogen) atoms. The molecule has 2 N–H and O–H groups in total. The first-order chi connectivity index (χ1) is 14.5. The second-order valence-corrected chi connectivity index (χ2v) is 6.71. The molecule has 0 saturated heterocycles. The van der Waals surface area contributed by atoms with Crippen LogP contribution < -0.4 is 15.4 Å². The predicted molar refractivity (Wildman–Crippen MR) is 116 cm³/mol. The zero-order valence-electron chi connectivity index (χ0n) is 16.7. The van der Waals surface area contributed by atoms with Gasteiger partial charge in [0.05, 0.1) is 25.2 Å². The van der Waals surface area contributed by atoms with Gasteiger partial charge in [-0.2, -0.15) is 5.26 Å². The number of methoxy groups -OCH3 is 1. The summed E-state index contributed by atoms with van der Waals surface area (Å²) < 4.78 is 5.29. The lowest BCUT2D eigenvalue weighted by Gasteiger charge is -2.12. The maximum atomic E-state index is 12.6. The fraction of sp³-hybridized carbons (Fsp3) is 0.125. The van der Waals surface area contributed by atoms with Gasteiger partial charge in [0.15, 0.2) is 0 Å². The molecule has 3 aromatic rings. The van der Waals surface area contributed by atoms with E-state index in [1.807, 2.05) is 31.2 Å². The standard InChI is InChI=1S/C24H21N3O3/c1-16-10-11-19(24(29)26-20-8-5-6-17(12-20)15-25)13-21(16)27-23(28)14-18-7-3-4-9-22(18)30-2/h3-13H,14H2,1-2H3,(H,26,29)(H,27,28). The zero-order valence-corrected chi connectivity index (χ0v) is 16.7. The second-order valence-electron chi connectivity index (χ2n) is 6.71. The number of nitrogens with one attached hydrogen (secondary N) is 2. The largest absolute Gasteiger partial charge is 0.496 e. The molecule has 0 radical (unpaired) electrons. The molecule has 0 saturated carbocycles. The number of benzene rings is 3. The van der Waals surface area contributed by atoms with E-state index in [9.17, 15) is 9.59 Å². The number of nitriles is 1. The fourth-order valence-corrected chi connectivity index (χ4v) is 2.98. The van der Waals surface area contributed by atoms with Crippen LogP contribution in [0.25, 0.3) is 0 Å². The van der Waals surface area contributed by atoms with Gasteiger partial charge in [-0.1, -0.05) is 30.3 Å². The van der Waals surface area contributed by atoms with E-state index in [0.29, 0.717) is 28.3 Å². The van der Waals surface area contributed by atoms with Crippen molar-refractivity contribution in [3.8, 4) is 11.8 Å². The maximum absolute atomic E-state index is 12.6. The number of aryl methyl sites for hydroxylation is 1. The molecule has 2 amide bonds. The highest BCUT2D eigenvalue weighted by Gasteiger charge is 2.13. The molecule has 6 nitrogen and oxygen atoms in total. The molecule has 0 unspecified atom stereocenters. The number of rotatable bonds is 6. The third kappa shape index (κ3) is 5.03. The van der Waals surface area contributed by atoms with Crippen molar-refractivity contribution in [3.05, 3.63) is 89.0 Å². The van der Waals surface area contributed by atoms with Gasteiger partial charge in [-0.3, -0.25) is 9.59 Å². The quantitative estimate of drug-likeness (QED) is 0.646. The van der Waals surface area contributed by atoms with Gasteiger partial charge in [0, 0.05) is 22.5 Å². The summed E-state index contributed by atoms with van der Waals surface area (Å²) in [6.07, 6.45) is 0.154. The predicted octanol–water partition coefficient (Wildman–Crippen LogP) is 4.31. The van der Waals surface area contributed by atoms with Gasteiger partial charge < -0.3 is 15.4 Å². The van der Waals surface area contributed by atoms with E-state index in [4.69, 9.17) is 10.00 Å². The molecular weight excluding hydrogens is 378 g/mol. The summed E-state index contributed by atoms with van der Waals surface area (Å²) in [4.78, 5) is 25.2. The lowest BCUT2D eigenvalue weighted by atomic mass is 10.1. The Morgan fingerprint density at radius 1 is 1.00 bits per heavy atom. The highest BCUT2D eigenvalue weighted by Crippen LogP contribution is 2.21. The average Bonchev–Trinajstić information content (AvgIpc) is 2.75. The Labute approximate surface area is 175 Å². The Morgan fingerprint density at radius 3 is 2.57 bits per heavy atom. The number of hydrogen-bond acceptors (Lipinski definition) is 4. The molecule has 0 aliphatic rings. The number of anilines is 2. The second kappa shape index (κ2) is 9.39. The molecule has 150 valence electrons. The van der Waals surface area contributed by atoms with Crippen molar-refractivity contribution in [1.29, 1.82) is 5.26 Å². The molecule has 3 rings (SSSR count). The minimum absolute atomic E-state index is 0.154. The van der Waals surface area contributed by atoms with Gasteiger partial charge in [-0.25, -0.2) is 0 Å². The highest BCUT2D eigenvalue weighted by atomic mass is 16.5. The third-order valence-electron chi connectivity index (χ3n) is 4.57. The lowest BCUT2D eigenvalue weighted by molar-refractivity contribution is -0.115. The van der Waals surface area contributed by atoms with Gasteiger partial charge in [0.25, 0.3) is 5.91 Å². The number of ether oxygens (including phenoxy) is 1. The maximum Gasteiger partial charge on any atom is 0.255 e. The van der Waals surface area contributed by atoms with Crippen LogP contribution in [-0.4, -0.2) is 18.9 Å². The molecule has 0 bridgehead atoms. The Hall–Kier alpha value is -4.11. The van der Waals surface area contributed by atoms with Crippen LogP contribution in [-0.2, 0) is 11.2 Å². The van der Waals surface area contributed by atoms with Crippen molar-refractivity contribution in [3.63, 3.8) is 0 Å². The Morgan fingerprint density at radius 2 is 1.80 bits per heavy atom. The fourth-order valence-electron chi connectivity index (χ4n) is 2.98. The first kappa shape index (κ1) is 20.6. The molecule has 0 aliphatic carbocycles. The monoisotopic (exact) mass is 399 g/mol. The van der Waals surface area contributed by atoms with Gasteiger partial charge in [-0.05, 0) is 48.9 Å². The van der Waals surface area contributed by atoms with Crippen LogP contribution in [0.5, 0.6) is 5.75 Å². The molecule has 3 aromatic carbocycles. The van der Waals surface area contributed by atoms with Crippen LogP contribution in [0, 0.1) is 18.3 Å². The Kier molecular flexibility index (Phi) is 6.46. The number of para-hydroxylation sites is 1. The van der Waals surface area contributed by atoms with Crippen molar-refractivity contribution in [2.75, 3.05) is 17.7 Å². The first-order valence-electron chi connectivity index (χ1n) is 9.34. The van der Waals surface area contributed by atoms with Gasteiger partial charge in [0.1, 0.15) is 5.75 Å². The molecule has 0 fully saturated rings. The topological polar surface area (TPSA) is 91.2 Å². The number of amides is 2. The molecule has 0 aliphatic heterocycles. The number of carbonyl (C=O) groups is 2. The van der Waals surface area contributed by atoms with Crippen LogP contribution in [0.3, 0.4) is 0 Å². The third-order valence-corrected chi connectivity index (χ3v) is 4.57. The van der Waals surface area contributed by atoms with Gasteiger partial charge in [-0.15, -0.1) is 0 Å². The average molecular weight is 399 g/mol. The molecule has 6 heteroatoms. The summed E-state index contributed by atoms with van der Waals surface area (Å²) in [5, 5.41) is 14.6. The molecular formula is C24H21N3O3. The zero-order chi connectivity index (χ0) is 21.5. The van der Waals surface area contributed by atoms with Crippen molar-refractivity contribution < 1.29 is 14.3 Å². The van der Waals surface area contributed by atoms with Crippen molar-refractivity contribution in [2.45, 2.75) is 13.3 Å². The van der Waals surface area contributed by atoms with Crippen molar-refractivity contribution in [1.82, 2.24) is 0 Å². The normalized spacial score (nSPS) is 10.0. The van der Waals surface area contributed by atoms with E-state index < -0.39 is 0 Å². The molecule has 0 spiro atoms. The van der Waals surface area contributed by atoms with E-state index in [-0.39, 0.29) is 18.2 Å². The van der Waals surface area contributed by atoms with Crippen molar-refractivity contribution >= 4 is 23.2 Å². The van der Waals surface area contributed by atoms with E-state index in [1.165, 1.54) is 0 Å². The first-order valence-corrected chi connectivity index (χ1v) is 9.34. The summed E-state index contributed by atoms with van der Waals surface area (Å²) in [6, 6.07) is 21.2. The smallest absolute Gasteiger partial charge is 0.255 e. The van der Waals surface area contributed by atoms with Crippen LogP contribution in [0.2, 0.25) is 0 Å². The Balaban J connectivity index is 1.73. The SMILES string of the molecule is COc1ccccc1CC(=O)Nc1cc(C(=O)Nc2cccc(C#N)c2)ccc1C. The summed E-state index contributed by atoms with van der Waals surface area (Å²) in [7, 11) is 1.56. The summed E-state index contributed by atoms with van der Waals surface area (Å²) in [6.45, 7) is 1.86. The van der Waals surface area contributed by atoms with Gasteiger partial charge >= 0.3 is 0 Å². The molecule has 0 heterocycles. The number of nitrogens with zero attached hydrogens (tertiary/aromatic N) is 1. The number of hydrogen-bond donors (Lipinski definition) is 2. The van der Waals surface area contributed by atoms with Crippen LogP contribution in [0.15, 0.2) is 66.7 Å². The molecule has 0 aromatic heterocycles. The highest BCUT2D eigenvalue weighted by molar-refractivity contribution is 6.05. The summed E-state index contributed by atoms with van der Waals surface area (Å²) >= 11 is 0. The minimum atomic E-state index is -0.328. The van der Waals surface area contributed by atoms with Crippen LogP contribution >= 0.6 is 0 Å². The summed E-state index contributed by atoms with van der Waals surface area (Å²) in [5.74, 6) is 0.115. The Bertz CT molecular complexity index is 1130. The van der Waals surface area contributed by atoms with Crippen molar-refractivity contribution in [2.24, 2.45) is 0 Å². The van der Waals surface area contributed by atoms with E-state index in [2.05, 4.69) is 10.6 Å². The van der Waals surface area contributed by atoms with E-state index in [1.54, 1.807) is 55.6 Å². The van der Waals surface area contributed by atoms with E-state index in [0.717, 1.165) is 11.1 Å². The minimum Gasteiger partial charge on any atom is -0.496 e. The van der Waals surface area contributed by atoms with Gasteiger partial charge in [0.2, 0.25) is 5.91 Å². The lowest BCUT2D eigenvalue weighted by Crippen LogP contribution is -2.17. The van der Waals surface area contributed by atoms with Crippen LogP contribution in [0.4, 0.5) is 11.4 Å². The number of carbonyl (C=O) groups excluding carboxylic acids is 2. The van der Waals surface area contributed by atoms with Crippen LogP contribution in [0.1, 0.15) is 27.0 Å².